The van der Waals surface area contributed by atoms with E-state index in [4.69, 9.17) is 17.3 Å². The van der Waals surface area contributed by atoms with Crippen LogP contribution in [0.5, 0.6) is 0 Å². The average molecular weight is 433 g/mol. The predicted octanol–water partition coefficient (Wildman–Crippen LogP) is 3.97. The Bertz CT molecular complexity index is 1130. The Morgan fingerprint density at radius 1 is 0.931 bits per heavy atom. The molecule has 0 heterocycles. The summed E-state index contributed by atoms with van der Waals surface area (Å²) in [7, 11) is -4.16. The number of carbonyl (C=O) groups excluding carboxylic acids is 1. The van der Waals surface area contributed by atoms with Crippen LogP contribution in [0.1, 0.15) is 21.5 Å². The van der Waals surface area contributed by atoms with Gasteiger partial charge in [0.05, 0.1) is 0 Å². The second-order valence-corrected chi connectivity index (χ2v) is 8.67. The molecule has 3 aromatic rings. The van der Waals surface area contributed by atoms with Crippen molar-refractivity contribution in [2.45, 2.75) is 18.0 Å². The Hall–Kier alpha value is -2.74. The topological polar surface area (TPSA) is 80.5 Å². The van der Waals surface area contributed by atoms with Crippen molar-refractivity contribution < 1.29 is 17.6 Å². The minimum Gasteiger partial charge on any atom is -0.366 e. The highest BCUT2D eigenvalue weighted by atomic mass is 35.5. The van der Waals surface area contributed by atoms with Gasteiger partial charge >= 0.3 is 0 Å². The molecule has 5 nitrogen and oxygen atoms in total. The third-order valence-electron chi connectivity index (χ3n) is 4.36. The van der Waals surface area contributed by atoms with Gasteiger partial charge in [0.25, 0.3) is 0 Å². The van der Waals surface area contributed by atoms with E-state index in [1.807, 2.05) is 0 Å². The van der Waals surface area contributed by atoms with E-state index >= 15 is 0 Å². The molecule has 0 aliphatic carbocycles. The van der Waals surface area contributed by atoms with E-state index in [1.54, 1.807) is 36.4 Å². The molecule has 0 atom stereocenters. The van der Waals surface area contributed by atoms with Gasteiger partial charge in [-0.25, -0.2) is 12.8 Å². The van der Waals surface area contributed by atoms with Gasteiger partial charge in [-0.05, 0) is 41.5 Å². The van der Waals surface area contributed by atoms with Crippen LogP contribution in [-0.2, 0) is 23.1 Å². The van der Waals surface area contributed by atoms with E-state index < -0.39 is 26.6 Å². The van der Waals surface area contributed by atoms with Crippen molar-refractivity contribution in [3.05, 3.63) is 100 Å². The van der Waals surface area contributed by atoms with Crippen LogP contribution in [0, 0.1) is 5.82 Å². The smallest absolute Gasteiger partial charge is 0.248 e. The molecule has 0 saturated heterocycles. The summed E-state index contributed by atoms with van der Waals surface area (Å²) in [4.78, 5) is 10.8. The van der Waals surface area contributed by atoms with Gasteiger partial charge in [-0.15, -0.1) is 0 Å². The molecule has 0 saturated carbocycles. The second kappa shape index (κ2) is 8.73. The highest BCUT2D eigenvalue weighted by Crippen LogP contribution is 2.25. The molecule has 0 aliphatic heterocycles. The van der Waals surface area contributed by atoms with Crippen LogP contribution in [0.25, 0.3) is 0 Å². The lowest BCUT2D eigenvalue weighted by atomic mass is 10.1. The Labute approximate surface area is 173 Å². The van der Waals surface area contributed by atoms with Crippen LogP contribution in [0.3, 0.4) is 0 Å². The van der Waals surface area contributed by atoms with Crippen LogP contribution in [-0.4, -0.2) is 18.6 Å². The first-order valence-corrected chi connectivity index (χ1v) is 10.5. The predicted molar refractivity (Wildman–Crippen MR) is 109 cm³/mol. The van der Waals surface area contributed by atoms with E-state index in [9.17, 15) is 17.6 Å². The van der Waals surface area contributed by atoms with Crippen molar-refractivity contribution in [2.24, 2.45) is 5.73 Å². The van der Waals surface area contributed by atoms with Crippen molar-refractivity contribution in [1.29, 1.82) is 0 Å². The fraction of sp³-hybridized carbons (Fsp3) is 0.0952. The van der Waals surface area contributed by atoms with Crippen LogP contribution < -0.4 is 5.73 Å². The number of sulfonamides is 1. The number of hydrogen-bond acceptors (Lipinski definition) is 3. The number of benzene rings is 3. The summed E-state index contributed by atoms with van der Waals surface area (Å²) < 4.78 is 41.8. The molecular weight excluding hydrogens is 415 g/mol. The van der Waals surface area contributed by atoms with Crippen molar-refractivity contribution in [3.8, 4) is 0 Å². The first kappa shape index (κ1) is 21.0. The maximum atomic E-state index is 14.3. The second-order valence-electron chi connectivity index (χ2n) is 6.36. The number of amides is 1. The highest BCUT2D eigenvalue weighted by molar-refractivity contribution is 7.89. The number of nitrogens with two attached hydrogens (primary N) is 1. The molecule has 0 aromatic heterocycles. The summed E-state index contributed by atoms with van der Waals surface area (Å²) in [6.45, 7) is -0.0884. The van der Waals surface area contributed by atoms with Crippen LogP contribution >= 0.6 is 11.6 Å². The molecule has 3 rings (SSSR count). The number of hydrogen-bond donors (Lipinski definition) is 1. The van der Waals surface area contributed by atoms with Gasteiger partial charge in [0.2, 0.25) is 15.9 Å². The molecule has 29 heavy (non-hydrogen) atoms. The molecule has 8 heteroatoms. The lowest BCUT2D eigenvalue weighted by molar-refractivity contribution is 0.1000. The Morgan fingerprint density at radius 2 is 1.55 bits per heavy atom. The first-order valence-electron chi connectivity index (χ1n) is 8.66. The highest BCUT2D eigenvalue weighted by Gasteiger charge is 2.28. The van der Waals surface area contributed by atoms with Gasteiger partial charge < -0.3 is 5.73 Å². The number of primary amides is 1. The third kappa shape index (κ3) is 4.82. The lowest BCUT2D eigenvalue weighted by Gasteiger charge is -2.23. The summed E-state index contributed by atoms with van der Waals surface area (Å²) in [5.41, 5.74) is 6.75. The van der Waals surface area contributed by atoms with Crippen LogP contribution in [0.2, 0.25) is 5.02 Å². The molecule has 0 unspecified atom stereocenters. The van der Waals surface area contributed by atoms with Gasteiger partial charge in [-0.3, -0.25) is 4.79 Å². The van der Waals surface area contributed by atoms with Crippen LogP contribution in [0.15, 0.2) is 77.7 Å². The SMILES string of the molecule is NC(=O)c1ccc(CN(Cc2ccccc2Cl)S(=O)(=O)c2ccccc2F)cc1. The van der Waals surface area contributed by atoms with Crippen LogP contribution in [0.4, 0.5) is 4.39 Å². The van der Waals surface area contributed by atoms with E-state index in [-0.39, 0.29) is 13.1 Å². The molecule has 0 radical (unpaired) electrons. The number of halogens is 2. The molecule has 0 aliphatic rings. The standard InChI is InChI=1S/C21H18ClFN2O3S/c22-18-6-2-1-5-17(18)14-25(13-15-9-11-16(12-10-15)21(24)26)29(27,28)20-8-4-3-7-19(20)23/h1-12H,13-14H2,(H2,24,26). The largest absolute Gasteiger partial charge is 0.366 e. The molecule has 3 aromatic carbocycles. The molecule has 2 N–H and O–H groups in total. The van der Waals surface area contributed by atoms with Crippen molar-refractivity contribution in [1.82, 2.24) is 4.31 Å². The minimum atomic E-state index is -4.16. The third-order valence-corrected chi connectivity index (χ3v) is 6.55. The maximum absolute atomic E-state index is 14.3. The summed E-state index contributed by atoms with van der Waals surface area (Å²) in [6.07, 6.45) is 0. The lowest BCUT2D eigenvalue weighted by Crippen LogP contribution is -2.31. The number of carbonyl (C=O) groups is 1. The maximum Gasteiger partial charge on any atom is 0.248 e. The van der Waals surface area contributed by atoms with E-state index in [0.717, 1.165) is 10.4 Å². The monoisotopic (exact) mass is 432 g/mol. The van der Waals surface area contributed by atoms with Crippen molar-refractivity contribution in [3.63, 3.8) is 0 Å². The Kier molecular flexibility index (Phi) is 6.32. The summed E-state index contributed by atoms with van der Waals surface area (Å²) in [6, 6.07) is 18.3. The van der Waals surface area contributed by atoms with Crippen molar-refractivity contribution >= 4 is 27.5 Å². The molecule has 0 fully saturated rings. The molecule has 0 bridgehead atoms. The zero-order valence-electron chi connectivity index (χ0n) is 15.3. The minimum absolute atomic E-state index is 0.0407. The van der Waals surface area contributed by atoms with E-state index in [0.29, 0.717) is 21.7 Å². The molecule has 1 amide bonds. The average Bonchev–Trinajstić information content (AvgIpc) is 2.69. The van der Waals surface area contributed by atoms with Gasteiger partial charge in [0, 0.05) is 23.7 Å². The quantitative estimate of drug-likeness (QED) is 0.613. The Balaban J connectivity index is 2.00. The number of rotatable bonds is 7. The van der Waals surface area contributed by atoms with Gasteiger partial charge in [-0.2, -0.15) is 4.31 Å². The molecule has 150 valence electrons. The number of nitrogens with zero attached hydrogens (tertiary/aromatic N) is 1. The molecule has 0 spiro atoms. The zero-order chi connectivity index (χ0) is 21.0. The van der Waals surface area contributed by atoms with E-state index in [2.05, 4.69) is 0 Å². The Morgan fingerprint density at radius 3 is 2.17 bits per heavy atom. The summed E-state index contributed by atoms with van der Waals surface area (Å²) >= 11 is 6.21. The molecular formula is C21H18ClFN2O3S. The first-order chi connectivity index (χ1) is 13.8. The van der Waals surface area contributed by atoms with E-state index in [1.165, 1.54) is 30.3 Å². The van der Waals surface area contributed by atoms with Gasteiger partial charge in [0.15, 0.2) is 0 Å². The fourth-order valence-electron chi connectivity index (χ4n) is 2.81. The zero-order valence-corrected chi connectivity index (χ0v) is 16.8. The van der Waals surface area contributed by atoms with Gasteiger partial charge in [0.1, 0.15) is 10.7 Å². The fourth-order valence-corrected chi connectivity index (χ4v) is 4.48. The summed E-state index contributed by atoms with van der Waals surface area (Å²) in [5.74, 6) is -1.41. The normalized spacial score (nSPS) is 11.6. The van der Waals surface area contributed by atoms with Gasteiger partial charge in [-0.1, -0.05) is 54.1 Å². The van der Waals surface area contributed by atoms with Crippen molar-refractivity contribution in [2.75, 3.05) is 0 Å². The summed E-state index contributed by atoms with van der Waals surface area (Å²) in [5, 5.41) is 0.408.